The van der Waals surface area contributed by atoms with E-state index in [2.05, 4.69) is 28.0 Å². The van der Waals surface area contributed by atoms with E-state index < -0.39 is 0 Å². The first-order valence-electron chi connectivity index (χ1n) is 7.82. The molecule has 0 aliphatic heterocycles. The summed E-state index contributed by atoms with van der Waals surface area (Å²) in [7, 11) is 5.53. The van der Waals surface area contributed by atoms with Gasteiger partial charge in [0.1, 0.15) is 6.54 Å². The quantitative estimate of drug-likeness (QED) is 0.171. The zero-order valence-corrected chi connectivity index (χ0v) is 18.2. The minimum atomic E-state index is 0. The largest absolute Gasteiger partial charge is 0.355 e. The molecule has 0 saturated heterocycles. The number of unbranched alkanes of at least 4 members (excludes halogenated alkanes) is 3. The number of thioether (sulfide) groups is 1. The minimum Gasteiger partial charge on any atom is -0.355 e. The van der Waals surface area contributed by atoms with E-state index in [0.717, 1.165) is 37.6 Å². The fourth-order valence-corrected chi connectivity index (χ4v) is 2.09. The molecule has 7 heteroatoms. The molecule has 0 aliphatic carbocycles. The van der Waals surface area contributed by atoms with Crippen LogP contribution >= 0.6 is 35.7 Å². The number of allylic oxidation sites excluding steroid dienone is 1. The summed E-state index contributed by atoms with van der Waals surface area (Å²) in [5.74, 6) is 1.85. The highest BCUT2D eigenvalue weighted by Crippen LogP contribution is 2.02. The highest BCUT2D eigenvalue weighted by Gasteiger charge is 2.08. The number of carbonyl (C=O) groups is 1. The van der Waals surface area contributed by atoms with Crippen molar-refractivity contribution in [2.75, 3.05) is 52.8 Å². The second-order valence-corrected chi connectivity index (χ2v) is 6.39. The van der Waals surface area contributed by atoms with Crippen LogP contribution in [0.5, 0.6) is 0 Å². The molecule has 0 heterocycles. The first kappa shape index (κ1) is 24.8. The first-order chi connectivity index (χ1) is 10.5. The lowest BCUT2D eigenvalue weighted by molar-refractivity contribution is -0.127. The van der Waals surface area contributed by atoms with E-state index in [0.29, 0.717) is 0 Å². The second-order valence-electron chi connectivity index (χ2n) is 5.41. The van der Waals surface area contributed by atoms with Gasteiger partial charge in [0.25, 0.3) is 0 Å². The Morgan fingerprint density at radius 2 is 1.96 bits per heavy atom. The van der Waals surface area contributed by atoms with Crippen molar-refractivity contribution in [2.24, 2.45) is 4.99 Å². The predicted molar refractivity (Wildman–Crippen MR) is 114 cm³/mol. The highest BCUT2D eigenvalue weighted by molar-refractivity contribution is 14.0. The number of hydrogen-bond donors (Lipinski definition) is 1. The van der Waals surface area contributed by atoms with E-state index in [1.54, 1.807) is 30.8 Å². The van der Waals surface area contributed by atoms with E-state index in [1.165, 1.54) is 12.8 Å². The number of hydrogen-bond acceptors (Lipinski definition) is 3. The molecule has 23 heavy (non-hydrogen) atoms. The summed E-state index contributed by atoms with van der Waals surface area (Å²) in [4.78, 5) is 19.8. The Hall–Kier alpha value is -0.440. The maximum atomic E-state index is 11.7. The summed E-state index contributed by atoms with van der Waals surface area (Å²) in [5, 5.41) is 3.33. The molecular weight excluding hydrogens is 423 g/mol. The molecule has 1 amide bonds. The van der Waals surface area contributed by atoms with Gasteiger partial charge in [-0.3, -0.25) is 4.79 Å². The zero-order chi connectivity index (χ0) is 16.8. The van der Waals surface area contributed by atoms with Crippen molar-refractivity contribution in [2.45, 2.75) is 25.7 Å². The molecule has 0 rings (SSSR count). The van der Waals surface area contributed by atoms with Crippen molar-refractivity contribution in [1.29, 1.82) is 0 Å². The first-order valence-corrected chi connectivity index (χ1v) is 9.21. The Labute approximate surface area is 163 Å². The molecule has 5 nitrogen and oxygen atoms in total. The van der Waals surface area contributed by atoms with Crippen LogP contribution in [0, 0.1) is 0 Å². The molecule has 0 bridgehead atoms. The van der Waals surface area contributed by atoms with Crippen LogP contribution in [0.1, 0.15) is 25.7 Å². The average molecular weight is 456 g/mol. The SMILES string of the molecule is C=CCCCCCN(C)C(=NCC(=O)N(C)C)NCCSC.I. The van der Waals surface area contributed by atoms with E-state index in [9.17, 15) is 4.79 Å². The average Bonchev–Trinajstić information content (AvgIpc) is 2.49. The monoisotopic (exact) mass is 456 g/mol. The highest BCUT2D eigenvalue weighted by atomic mass is 127. The Morgan fingerprint density at radius 1 is 1.26 bits per heavy atom. The van der Waals surface area contributed by atoms with Crippen LogP contribution in [0.3, 0.4) is 0 Å². The van der Waals surface area contributed by atoms with Gasteiger partial charge in [-0.2, -0.15) is 11.8 Å². The molecule has 136 valence electrons. The number of amides is 1. The molecule has 0 aliphatic rings. The lowest BCUT2D eigenvalue weighted by Gasteiger charge is -2.22. The van der Waals surface area contributed by atoms with Gasteiger partial charge in [-0.1, -0.05) is 12.5 Å². The van der Waals surface area contributed by atoms with Crippen molar-refractivity contribution < 1.29 is 4.79 Å². The number of likely N-dealkylation sites (N-methyl/N-ethyl adjacent to an activating group) is 1. The number of halogens is 1. The summed E-state index contributed by atoms with van der Waals surface area (Å²) in [6.45, 7) is 5.73. The molecule has 0 aromatic heterocycles. The Kier molecular flexibility index (Phi) is 17.7. The van der Waals surface area contributed by atoms with E-state index in [-0.39, 0.29) is 36.4 Å². The van der Waals surface area contributed by atoms with E-state index in [4.69, 9.17) is 0 Å². The zero-order valence-electron chi connectivity index (χ0n) is 15.0. The molecule has 0 saturated carbocycles. The normalized spacial score (nSPS) is 10.7. The van der Waals surface area contributed by atoms with Gasteiger partial charge >= 0.3 is 0 Å². The third-order valence-electron chi connectivity index (χ3n) is 3.22. The number of aliphatic imine (C=N–C) groups is 1. The molecule has 0 fully saturated rings. The van der Waals surface area contributed by atoms with Crippen LogP contribution in [0.4, 0.5) is 0 Å². The maximum absolute atomic E-state index is 11.7. The summed E-state index contributed by atoms with van der Waals surface area (Å²) < 4.78 is 0. The topological polar surface area (TPSA) is 47.9 Å². The fraction of sp³-hybridized carbons (Fsp3) is 0.750. The van der Waals surface area contributed by atoms with Crippen molar-refractivity contribution in [1.82, 2.24) is 15.1 Å². The number of carbonyl (C=O) groups excluding carboxylic acids is 1. The van der Waals surface area contributed by atoms with Crippen LogP contribution in [0.2, 0.25) is 0 Å². The Morgan fingerprint density at radius 3 is 2.52 bits per heavy atom. The van der Waals surface area contributed by atoms with Gasteiger partial charge in [-0.25, -0.2) is 4.99 Å². The Bertz CT molecular complexity index is 351. The van der Waals surface area contributed by atoms with Crippen molar-refractivity contribution in [3.63, 3.8) is 0 Å². The third-order valence-corrected chi connectivity index (χ3v) is 3.83. The van der Waals surface area contributed by atoms with Gasteiger partial charge in [0, 0.05) is 40.0 Å². The van der Waals surface area contributed by atoms with Crippen molar-refractivity contribution in [3.05, 3.63) is 12.7 Å². The minimum absolute atomic E-state index is 0. The number of nitrogens with one attached hydrogen (secondary N) is 1. The predicted octanol–water partition coefficient (Wildman–Crippen LogP) is 2.68. The molecule has 0 aromatic carbocycles. The standard InChI is InChI=1S/C16H32N4OS.HI/c1-6-7-8-9-10-12-20(4)16(17-11-13-22-5)18-14-15(21)19(2)3;/h6H,1,7-14H2,2-5H3,(H,17,18);1H. The summed E-state index contributed by atoms with van der Waals surface area (Å²) >= 11 is 1.79. The maximum Gasteiger partial charge on any atom is 0.243 e. The lowest BCUT2D eigenvalue weighted by Crippen LogP contribution is -2.41. The smallest absolute Gasteiger partial charge is 0.243 e. The van der Waals surface area contributed by atoms with Crippen LogP contribution in [0.15, 0.2) is 17.6 Å². The second kappa shape index (κ2) is 16.4. The summed E-state index contributed by atoms with van der Waals surface area (Å²) in [5.41, 5.74) is 0. The van der Waals surface area contributed by atoms with Gasteiger partial charge in [0.2, 0.25) is 5.91 Å². The van der Waals surface area contributed by atoms with Gasteiger partial charge in [0.15, 0.2) is 5.96 Å². The van der Waals surface area contributed by atoms with E-state index >= 15 is 0 Å². The molecule has 0 unspecified atom stereocenters. The van der Waals surface area contributed by atoms with Crippen molar-refractivity contribution >= 4 is 47.6 Å². The molecule has 1 N–H and O–H groups in total. The van der Waals surface area contributed by atoms with Gasteiger partial charge in [0.05, 0.1) is 0 Å². The van der Waals surface area contributed by atoms with Crippen LogP contribution < -0.4 is 5.32 Å². The molecule has 0 radical (unpaired) electrons. The van der Waals surface area contributed by atoms with Crippen LogP contribution in [-0.2, 0) is 4.79 Å². The van der Waals surface area contributed by atoms with Crippen LogP contribution in [-0.4, -0.2) is 74.5 Å². The number of guanidine groups is 1. The van der Waals surface area contributed by atoms with Gasteiger partial charge in [-0.05, 0) is 25.5 Å². The van der Waals surface area contributed by atoms with Crippen LogP contribution in [0.25, 0.3) is 0 Å². The molecule has 0 spiro atoms. The van der Waals surface area contributed by atoms with E-state index in [1.807, 2.05) is 13.1 Å². The number of nitrogens with zero attached hydrogens (tertiary/aromatic N) is 3. The van der Waals surface area contributed by atoms with Crippen molar-refractivity contribution in [3.8, 4) is 0 Å². The number of rotatable bonds is 11. The van der Waals surface area contributed by atoms with Gasteiger partial charge < -0.3 is 15.1 Å². The molecule has 0 aromatic rings. The molecular formula is C16H33IN4OS. The summed E-state index contributed by atoms with van der Waals surface area (Å²) in [6, 6.07) is 0. The Balaban J connectivity index is 0. The summed E-state index contributed by atoms with van der Waals surface area (Å²) in [6.07, 6.45) is 8.61. The lowest BCUT2D eigenvalue weighted by atomic mass is 10.2. The van der Waals surface area contributed by atoms with Gasteiger partial charge in [-0.15, -0.1) is 30.6 Å². The molecule has 0 atom stereocenters. The third kappa shape index (κ3) is 13.7. The fourth-order valence-electron chi connectivity index (χ4n) is 1.78.